The van der Waals surface area contributed by atoms with Crippen molar-refractivity contribution in [1.82, 2.24) is 9.88 Å². The molecule has 18 heavy (non-hydrogen) atoms. The van der Waals surface area contributed by atoms with Crippen molar-refractivity contribution in [2.45, 2.75) is 51.6 Å². The van der Waals surface area contributed by atoms with E-state index < -0.39 is 0 Å². The van der Waals surface area contributed by atoms with Crippen LogP contribution in [0.4, 0.5) is 5.82 Å². The van der Waals surface area contributed by atoms with Crippen molar-refractivity contribution < 1.29 is 0 Å². The van der Waals surface area contributed by atoms with Gasteiger partial charge in [0, 0.05) is 19.6 Å². The lowest BCUT2D eigenvalue weighted by molar-refractivity contribution is 0.130. The van der Waals surface area contributed by atoms with E-state index in [1.165, 1.54) is 44.3 Å². The van der Waals surface area contributed by atoms with Crippen molar-refractivity contribution in [2.24, 2.45) is 0 Å². The van der Waals surface area contributed by atoms with Gasteiger partial charge in [0.1, 0.15) is 5.82 Å². The molecule has 0 spiro atoms. The first kappa shape index (κ1) is 13.3. The zero-order chi connectivity index (χ0) is 12.8. The zero-order valence-corrected chi connectivity index (χ0v) is 11.7. The molecule has 0 bridgehead atoms. The van der Waals surface area contributed by atoms with Gasteiger partial charge in [0.2, 0.25) is 0 Å². The standard InChI is InChI=1S/C15H25N3/c1-3-7-14-9-4-5-11-18(14)12-13-8-6-10-15(16-2)17-13/h6,8,10,14H,3-5,7,9,11-12H2,1-2H3,(H,16,17). The Morgan fingerprint density at radius 1 is 1.39 bits per heavy atom. The zero-order valence-electron chi connectivity index (χ0n) is 11.7. The van der Waals surface area contributed by atoms with Crippen molar-refractivity contribution in [1.29, 1.82) is 0 Å². The molecule has 1 aliphatic heterocycles. The third-order valence-electron chi connectivity index (χ3n) is 3.80. The van der Waals surface area contributed by atoms with Crippen LogP contribution in [0.2, 0.25) is 0 Å². The SMILES string of the molecule is CCCC1CCCCN1Cc1cccc(NC)n1. The Balaban J connectivity index is 2.01. The number of anilines is 1. The van der Waals surface area contributed by atoms with Gasteiger partial charge in [-0.3, -0.25) is 4.90 Å². The van der Waals surface area contributed by atoms with Crippen LogP contribution in [0.15, 0.2) is 18.2 Å². The Morgan fingerprint density at radius 2 is 2.28 bits per heavy atom. The molecule has 2 heterocycles. The lowest BCUT2D eigenvalue weighted by Gasteiger charge is -2.35. The number of nitrogens with one attached hydrogen (secondary N) is 1. The third-order valence-corrected chi connectivity index (χ3v) is 3.80. The molecule has 1 aliphatic rings. The normalized spacial score (nSPS) is 20.9. The molecule has 0 aromatic carbocycles. The van der Waals surface area contributed by atoms with Gasteiger partial charge in [0.15, 0.2) is 0 Å². The Bertz CT molecular complexity index is 363. The molecular weight excluding hydrogens is 222 g/mol. The smallest absolute Gasteiger partial charge is 0.126 e. The van der Waals surface area contributed by atoms with E-state index >= 15 is 0 Å². The number of likely N-dealkylation sites (tertiary alicyclic amines) is 1. The van der Waals surface area contributed by atoms with E-state index in [4.69, 9.17) is 0 Å². The monoisotopic (exact) mass is 247 g/mol. The maximum absolute atomic E-state index is 4.63. The molecule has 1 saturated heterocycles. The Kier molecular flexibility index (Phi) is 5.00. The van der Waals surface area contributed by atoms with Gasteiger partial charge in [-0.1, -0.05) is 25.8 Å². The van der Waals surface area contributed by atoms with Crippen LogP contribution in [-0.4, -0.2) is 29.5 Å². The van der Waals surface area contributed by atoms with Crippen molar-refractivity contribution in [2.75, 3.05) is 18.9 Å². The summed E-state index contributed by atoms with van der Waals surface area (Å²) in [5, 5.41) is 3.11. The highest BCUT2D eigenvalue weighted by Crippen LogP contribution is 2.22. The lowest BCUT2D eigenvalue weighted by Crippen LogP contribution is -2.39. The molecule has 0 saturated carbocycles. The van der Waals surface area contributed by atoms with Gasteiger partial charge < -0.3 is 5.32 Å². The van der Waals surface area contributed by atoms with Gasteiger partial charge in [-0.15, -0.1) is 0 Å². The Labute approximate surface area is 111 Å². The second kappa shape index (κ2) is 6.74. The maximum Gasteiger partial charge on any atom is 0.126 e. The van der Waals surface area contributed by atoms with E-state index in [0.29, 0.717) is 0 Å². The summed E-state index contributed by atoms with van der Waals surface area (Å²) >= 11 is 0. The topological polar surface area (TPSA) is 28.2 Å². The van der Waals surface area contributed by atoms with Crippen LogP contribution >= 0.6 is 0 Å². The number of hydrogen-bond donors (Lipinski definition) is 1. The highest BCUT2D eigenvalue weighted by atomic mass is 15.2. The highest BCUT2D eigenvalue weighted by molar-refractivity contribution is 5.34. The predicted octanol–water partition coefficient (Wildman–Crippen LogP) is 3.28. The average molecular weight is 247 g/mol. The summed E-state index contributed by atoms with van der Waals surface area (Å²) in [6.07, 6.45) is 6.70. The van der Waals surface area contributed by atoms with E-state index in [9.17, 15) is 0 Å². The first-order valence-electron chi connectivity index (χ1n) is 7.21. The van der Waals surface area contributed by atoms with Crippen molar-refractivity contribution in [3.05, 3.63) is 23.9 Å². The first-order valence-corrected chi connectivity index (χ1v) is 7.21. The van der Waals surface area contributed by atoms with Crippen LogP contribution in [0.5, 0.6) is 0 Å². The first-order chi connectivity index (χ1) is 8.83. The maximum atomic E-state index is 4.63. The molecule has 1 atom stereocenters. The fourth-order valence-corrected chi connectivity index (χ4v) is 2.84. The Hall–Kier alpha value is -1.09. The largest absolute Gasteiger partial charge is 0.373 e. The minimum Gasteiger partial charge on any atom is -0.373 e. The third kappa shape index (κ3) is 3.45. The minimum atomic E-state index is 0.767. The van der Waals surface area contributed by atoms with Gasteiger partial charge in [0.25, 0.3) is 0 Å². The summed E-state index contributed by atoms with van der Waals surface area (Å²) in [5.41, 5.74) is 1.19. The van der Waals surface area contributed by atoms with Crippen LogP contribution in [0.1, 0.15) is 44.7 Å². The fraction of sp³-hybridized carbons (Fsp3) is 0.667. The summed E-state index contributed by atoms with van der Waals surface area (Å²) in [5.74, 6) is 0.969. The molecule has 1 N–H and O–H groups in total. The molecule has 0 radical (unpaired) electrons. The Morgan fingerprint density at radius 3 is 3.06 bits per heavy atom. The highest BCUT2D eigenvalue weighted by Gasteiger charge is 2.21. The molecule has 2 rings (SSSR count). The van der Waals surface area contributed by atoms with Crippen LogP contribution in [-0.2, 0) is 6.54 Å². The number of aromatic nitrogens is 1. The van der Waals surface area contributed by atoms with Crippen molar-refractivity contribution in [3.8, 4) is 0 Å². The van der Waals surface area contributed by atoms with Crippen molar-refractivity contribution >= 4 is 5.82 Å². The second-order valence-corrected chi connectivity index (χ2v) is 5.17. The molecular formula is C15H25N3. The molecule has 100 valence electrons. The fourth-order valence-electron chi connectivity index (χ4n) is 2.84. The molecule has 0 amide bonds. The summed E-state index contributed by atoms with van der Waals surface area (Å²) in [4.78, 5) is 7.25. The van der Waals surface area contributed by atoms with Gasteiger partial charge in [-0.2, -0.15) is 0 Å². The minimum absolute atomic E-state index is 0.767. The molecule has 0 aliphatic carbocycles. The van der Waals surface area contributed by atoms with Crippen molar-refractivity contribution in [3.63, 3.8) is 0 Å². The summed E-state index contributed by atoms with van der Waals surface area (Å²) in [6.45, 7) is 4.52. The molecule has 1 aromatic rings. The van der Waals surface area contributed by atoms with Crippen LogP contribution in [0.3, 0.4) is 0 Å². The van der Waals surface area contributed by atoms with E-state index in [2.05, 4.69) is 34.3 Å². The number of rotatable bonds is 5. The predicted molar refractivity (Wildman–Crippen MR) is 76.7 cm³/mol. The van der Waals surface area contributed by atoms with Gasteiger partial charge in [-0.25, -0.2) is 4.98 Å². The molecule has 1 unspecified atom stereocenters. The van der Waals surface area contributed by atoms with Crippen LogP contribution in [0, 0.1) is 0 Å². The van der Waals surface area contributed by atoms with Gasteiger partial charge in [-0.05, 0) is 37.9 Å². The van der Waals surface area contributed by atoms with E-state index in [1.54, 1.807) is 0 Å². The van der Waals surface area contributed by atoms with E-state index in [0.717, 1.165) is 18.4 Å². The molecule has 3 nitrogen and oxygen atoms in total. The second-order valence-electron chi connectivity index (χ2n) is 5.17. The number of pyridine rings is 1. The van der Waals surface area contributed by atoms with E-state index in [-0.39, 0.29) is 0 Å². The number of piperidine rings is 1. The van der Waals surface area contributed by atoms with E-state index in [1.807, 2.05) is 13.1 Å². The van der Waals surface area contributed by atoms with Crippen LogP contribution in [0.25, 0.3) is 0 Å². The molecule has 1 fully saturated rings. The number of nitrogens with zero attached hydrogens (tertiary/aromatic N) is 2. The average Bonchev–Trinajstić information content (AvgIpc) is 2.41. The van der Waals surface area contributed by atoms with Gasteiger partial charge >= 0.3 is 0 Å². The lowest BCUT2D eigenvalue weighted by atomic mass is 9.98. The quantitative estimate of drug-likeness (QED) is 0.865. The van der Waals surface area contributed by atoms with Crippen LogP contribution < -0.4 is 5.32 Å². The van der Waals surface area contributed by atoms with Gasteiger partial charge in [0.05, 0.1) is 5.69 Å². The summed E-state index contributed by atoms with van der Waals surface area (Å²) in [6, 6.07) is 7.01. The molecule has 3 heteroatoms. The summed E-state index contributed by atoms with van der Waals surface area (Å²) in [7, 11) is 1.92. The number of hydrogen-bond acceptors (Lipinski definition) is 3. The molecule has 1 aromatic heterocycles. The summed E-state index contributed by atoms with van der Waals surface area (Å²) < 4.78 is 0.